The van der Waals surface area contributed by atoms with Crippen molar-refractivity contribution in [2.75, 3.05) is 5.32 Å². The SMILES string of the molecule is C#CC(C)(C)Nc1cc(Cl)nc(Cl)n1. The third-order valence-corrected chi connectivity index (χ3v) is 1.83. The summed E-state index contributed by atoms with van der Waals surface area (Å²) in [4.78, 5) is 7.65. The lowest BCUT2D eigenvalue weighted by Gasteiger charge is -2.20. The van der Waals surface area contributed by atoms with Gasteiger partial charge in [-0.25, -0.2) is 9.97 Å². The maximum absolute atomic E-state index is 5.69. The van der Waals surface area contributed by atoms with Crippen LogP contribution in [0.25, 0.3) is 0 Å². The van der Waals surface area contributed by atoms with Crippen LogP contribution in [0, 0.1) is 12.3 Å². The molecule has 1 N–H and O–H groups in total. The van der Waals surface area contributed by atoms with Crippen LogP contribution >= 0.6 is 23.2 Å². The summed E-state index contributed by atoms with van der Waals surface area (Å²) >= 11 is 11.3. The van der Waals surface area contributed by atoms with E-state index in [1.807, 2.05) is 13.8 Å². The minimum Gasteiger partial charge on any atom is -0.354 e. The minimum atomic E-state index is -0.499. The minimum absolute atomic E-state index is 0.0906. The summed E-state index contributed by atoms with van der Waals surface area (Å²) in [7, 11) is 0. The van der Waals surface area contributed by atoms with Crippen molar-refractivity contribution in [3.05, 3.63) is 16.5 Å². The maximum Gasteiger partial charge on any atom is 0.225 e. The zero-order valence-corrected chi connectivity index (χ0v) is 9.32. The molecule has 0 aromatic carbocycles. The van der Waals surface area contributed by atoms with Crippen LogP contribution in [0.5, 0.6) is 0 Å². The highest BCUT2D eigenvalue weighted by molar-refractivity contribution is 6.32. The van der Waals surface area contributed by atoms with Crippen molar-refractivity contribution in [2.24, 2.45) is 0 Å². The molecule has 1 rings (SSSR count). The van der Waals surface area contributed by atoms with E-state index in [-0.39, 0.29) is 10.4 Å². The van der Waals surface area contributed by atoms with Gasteiger partial charge in [0.1, 0.15) is 11.0 Å². The van der Waals surface area contributed by atoms with Crippen molar-refractivity contribution < 1.29 is 0 Å². The first-order valence-electron chi connectivity index (χ1n) is 3.89. The highest BCUT2D eigenvalue weighted by atomic mass is 35.5. The quantitative estimate of drug-likeness (QED) is 0.482. The van der Waals surface area contributed by atoms with E-state index in [1.54, 1.807) is 6.07 Å². The van der Waals surface area contributed by atoms with Crippen molar-refractivity contribution in [1.29, 1.82) is 0 Å². The average Bonchev–Trinajstić information content (AvgIpc) is 2.01. The number of halogens is 2. The van der Waals surface area contributed by atoms with E-state index < -0.39 is 5.54 Å². The number of hydrogen-bond donors (Lipinski definition) is 1. The van der Waals surface area contributed by atoms with Gasteiger partial charge in [-0.05, 0) is 25.4 Å². The monoisotopic (exact) mass is 229 g/mol. The molecule has 1 aromatic heterocycles. The van der Waals surface area contributed by atoms with Crippen LogP contribution in [0.4, 0.5) is 5.82 Å². The molecule has 0 spiro atoms. The van der Waals surface area contributed by atoms with Gasteiger partial charge in [-0.15, -0.1) is 6.42 Å². The molecule has 0 saturated carbocycles. The fourth-order valence-corrected chi connectivity index (χ4v) is 1.22. The number of rotatable bonds is 2. The Labute approximate surface area is 92.9 Å². The van der Waals surface area contributed by atoms with E-state index in [4.69, 9.17) is 29.6 Å². The highest BCUT2D eigenvalue weighted by Gasteiger charge is 2.14. The molecule has 0 atom stereocenters. The standard InChI is InChI=1S/C9H9Cl2N3/c1-4-9(2,3)14-7-5-6(10)12-8(11)13-7/h1,5H,2-3H3,(H,12,13,14). The Morgan fingerprint density at radius 3 is 2.57 bits per heavy atom. The molecule has 0 bridgehead atoms. The molecule has 1 aromatic rings. The molecule has 14 heavy (non-hydrogen) atoms. The number of nitrogens with zero attached hydrogens (tertiary/aromatic N) is 2. The summed E-state index contributed by atoms with van der Waals surface area (Å²) in [5, 5.41) is 3.36. The van der Waals surface area contributed by atoms with Crippen molar-refractivity contribution in [3.63, 3.8) is 0 Å². The number of terminal acetylenes is 1. The summed E-state index contributed by atoms with van der Waals surface area (Å²) in [5.74, 6) is 3.08. The topological polar surface area (TPSA) is 37.8 Å². The van der Waals surface area contributed by atoms with Gasteiger partial charge in [0.2, 0.25) is 5.28 Å². The van der Waals surface area contributed by atoms with E-state index in [0.29, 0.717) is 5.82 Å². The van der Waals surface area contributed by atoms with Crippen molar-refractivity contribution in [2.45, 2.75) is 19.4 Å². The molecule has 0 saturated heterocycles. The molecule has 0 fully saturated rings. The number of aromatic nitrogens is 2. The normalized spacial score (nSPS) is 10.8. The summed E-state index contributed by atoms with van der Waals surface area (Å²) < 4.78 is 0. The second-order valence-electron chi connectivity index (χ2n) is 3.24. The molecule has 0 aliphatic heterocycles. The molecule has 1 heterocycles. The van der Waals surface area contributed by atoms with E-state index in [0.717, 1.165) is 0 Å². The van der Waals surface area contributed by atoms with Crippen LogP contribution < -0.4 is 5.32 Å². The van der Waals surface area contributed by atoms with E-state index in [9.17, 15) is 0 Å². The van der Waals surface area contributed by atoms with E-state index in [1.165, 1.54) is 0 Å². The molecule has 0 aliphatic rings. The molecule has 5 heteroatoms. The van der Waals surface area contributed by atoms with E-state index in [2.05, 4.69) is 21.2 Å². The Bertz CT molecular complexity index is 362. The Kier molecular flexibility index (Phi) is 3.20. The predicted molar refractivity (Wildman–Crippen MR) is 58.6 cm³/mol. The van der Waals surface area contributed by atoms with Crippen LogP contribution in [0.3, 0.4) is 0 Å². The average molecular weight is 230 g/mol. The second-order valence-corrected chi connectivity index (χ2v) is 3.96. The van der Waals surface area contributed by atoms with Gasteiger partial charge in [0.25, 0.3) is 0 Å². The van der Waals surface area contributed by atoms with Gasteiger partial charge in [-0.1, -0.05) is 17.5 Å². The van der Waals surface area contributed by atoms with Gasteiger partial charge in [0, 0.05) is 6.07 Å². The van der Waals surface area contributed by atoms with Crippen molar-refractivity contribution in [3.8, 4) is 12.3 Å². The van der Waals surface area contributed by atoms with Crippen molar-refractivity contribution >= 4 is 29.0 Å². The zero-order valence-electron chi connectivity index (χ0n) is 7.81. The number of nitrogens with one attached hydrogen (secondary N) is 1. The Morgan fingerprint density at radius 1 is 1.43 bits per heavy atom. The highest BCUT2D eigenvalue weighted by Crippen LogP contribution is 2.17. The molecule has 0 unspecified atom stereocenters. The second kappa shape index (κ2) is 4.04. The fraction of sp³-hybridized carbons (Fsp3) is 0.333. The lowest BCUT2D eigenvalue weighted by molar-refractivity contribution is 0.735. The van der Waals surface area contributed by atoms with Crippen LogP contribution in [-0.2, 0) is 0 Å². The third-order valence-electron chi connectivity index (χ3n) is 1.47. The van der Waals surface area contributed by atoms with Crippen LogP contribution in [-0.4, -0.2) is 15.5 Å². The van der Waals surface area contributed by atoms with Gasteiger partial charge in [0.15, 0.2) is 0 Å². The first kappa shape index (κ1) is 11.1. The lowest BCUT2D eigenvalue weighted by Crippen LogP contribution is -2.29. The first-order valence-corrected chi connectivity index (χ1v) is 4.64. The summed E-state index contributed by atoms with van der Waals surface area (Å²) in [6.07, 6.45) is 5.31. The molecule has 0 aliphatic carbocycles. The molecule has 0 radical (unpaired) electrons. The molecule has 0 amide bonds. The van der Waals surface area contributed by atoms with Gasteiger partial charge in [0.05, 0.1) is 5.54 Å². The summed E-state index contributed by atoms with van der Waals surface area (Å²) in [6.45, 7) is 3.69. The van der Waals surface area contributed by atoms with Crippen molar-refractivity contribution in [1.82, 2.24) is 9.97 Å². The predicted octanol–water partition coefficient (Wildman–Crippen LogP) is 2.61. The number of hydrogen-bond acceptors (Lipinski definition) is 3. The molecular weight excluding hydrogens is 221 g/mol. The fourth-order valence-electron chi connectivity index (χ4n) is 0.810. The molecular formula is C9H9Cl2N3. The van der Waals surface area contributed by atoms with Gasteiger partial charge < -0.3 is 5.32 Å². The maximum atomic E-state index is 5.69. The van der Waals surface area contributed by atoms with Gasteiger partial charge in [-0.3, -0.25) is 0 Å². The smallest absolute Gasteiger partial charge is 0.225 e. The van der Waals surface area contributed by atoms with Crippen LogP contribution in [0.2, 0.25) is 10.4 Å². The molecule has 3 nitrogen and oxygen atoms in total. The molecule has 74 valence electrons. The first-order chi connectivity index (χ1) is 6.43. The van der Waals surface area contributed by atoms with Crippen LogP contribution in [0.15, 0.2) is 6.07 Å². The zero-order chi connectivity index (χ0) is 10.8. The Hall–Kier alpha value is -0.980. The van der Waals surface area contributed by atoms with Gasteiger partial charge in [-0.2, -0.15) is 0 Å². The Balaban J connectivity index is 2.94. The number of anilines is 1. The third kappa shape index (κ3) is 3.06. The largest absolute Gasteiger partial charge is 0.354 e. The summed E-state index contributed by atoms with van der Waals surface area (Å²) in [6, 6.07) is 1.56. The Morgan fingerprint density at radius 2 is 2.07 bits per heavy atom. The summed E-state index contributed by atoms with van der Waals surface area (Å²) in [5.41, 5.74) is -0.499. The van der Waals surface area contributed by atoms with Crippen LogP contribution in [0.1, 0.15) is 13.8 Å². The lowest BCUT2D eigenvalue weighted by atomic mass is 10.1. The van der Waals surface area contributed by atoms with E-state index >= 15 is 0 Å². The van der Waals surface area contributed by atoms with Gasteiger partial charge >= 0.3 is 0 Å².